The van der Waals surface area contributed by atoms with Crippen molar-refractivity contribution in [1.82, 2.24) is 9.55 Å². The molecule has 1 aromatic carbocycles. The van der Waals surface area contributed by atoms with Gasteiger partial charge < -0.3 is 10.3 Å². The van der Waals surface area contributed by atoms with E-state index in [1.807, 2.05) is 18.2 Å². The van der Waals surface area contributed by atoms with Gasteiger partial charge in [-0.15, -0.1) is 0 Å². The molecule has 0 radical (unpaired) electrons. The second-order valence-electron chi connectivity index (χ2n) is 4.91. The fourth-order valence-electron chi connectivity index (χ4n) is 2.44. The van der Waals surface area contributed by atoms with Crippen LogP contribution < -0.4 is 5.73 Å². The highest BCUT2D eigenvalue weighted by Gasteiger charge is 2.22. The van der Waals surface area contributed by atoms with Crippen LogP contribution in [0.2, 0.25) is 5.02 Å². The van der Waals surface area contributed by atoms with Crippen LogP contribution in [0.25, 0.3) is 11.0 Å². The molecule has 3 nitrogen and oxygen atoms in total. The molecule has 0 saturated heterocycles. The zero-order valence-corrected chi connectivity index (χ0v) is 11.9. The number of nitrogens with zero attached hydrogens (tertiary/aromatic N) is 2. The van der Waals surface area contributed by atoms with Crippen molar-refractivity contribution in [3.05, 3.63) is 29.0 Å². The lowest BCUT2D eigenvalue weighted by Crippen LogP contribution is -2.21. The lowest BCUT2D eigenvalue weighted by Gasteiger charge is -2.19. The van der Waals surface area contributed by atoms with Gasteiger partial charge in [-0.1, -0.05) is 31.5 Å². The van der Waals surface area contributed by atoms with Crippen molar-refractivity contribution >= 4 is 22.6 Å². The van der Waals surface area contributed by atoms with E-state index in [2.05, 4.69) is 25.3 Å². The molecule has 1 aromatic heterocycles. The Morgan fingerprint density at radius 3 is 2.67 bits per heavy atom. The topological polar surface area (TPSA) is 43.8 Å². The minimum Gasteiger partial charge on any atom is -0.330 e. The summed E-state index contributed by atoms with van der Waals surface area (Å²) in [5, 5.41) is 0.757. The maximum Gasteiger partial charge on any atom is 0.114 e. The second-order valence-corrected chi connectivity index (χ2v) is 5.32. The van der Waals surface area contributed by atoms with Crippen molar-refractivity contribution in [2.24, 2.45) is 11.7 Å². The van der Waals surface area contributed by atoms with Gasteiger partial charge in [0.25, 0.3) is 0 Å². The third-order valence-electron chi connectivity index (χ3n) is 3.45. The highest BCUT2D eigenvalue weighted by molar-refractivity contribution is 6.35. The van der Waals surface area contributed by atoms with Gasteiger partial charge in [0.1, 0.15) is 5.82 Å². The molecule has 4 heteroatoms. The standard InChI is InChI=1S/C14H20ClN3/c1-4-18-13-11(15)6-5-7-12(13)17-14(18)10(8-16)9(2)3/h5-7,9-10H,4,8,16H2,1-3H3. The molecule has 2 aromatic rings. The molecule has 0 aliphatic rings. The molecule has 0 bridgehead atoms. The van der Waals surface area contributed by atoms with Crippen LogP contribution in [-0.4, -0.2) is 16.1 Å². The molecule has 0 aliphatic heterocycles. The third-order valence-corrected chi connectivity index (χ3v) is 3.76. The average Bonchev–Trinajstić information content (AvgIpc) is 2.69. The van der Waals surface area contributed by atoms with Gasteiger partial charge in [-0.25, -0.2) is 4.98 Å². The highest BCUT2D eigenvalue weighted by Crippen LogP contribution is 2.30. The molecule has 0 aliphatic carbocycles. The Morgan fingerprint density at radius 1 is 1.39 bits per heavy atom. The number of para-hydroxylation sites is 1. The van der Waals surface area contributed by atoms with Gasteiger partial charge in [-0.3, -0.25) is 0 Å². The number of halogens is 1. The fourth-order valence-corrected chi connectivity index (χ4v) is 2.71. The van der Waals surface area contributed by atoms with Crippen LogP contribution in [0.3, 0.4) is 0 Å². The number of hydrogen-bond donors (Lipinski definition) is 1. The van der Waals surface area contributed by atoms with E-state index in [4.69, 9.17) is 22.3 Å². The summed E-state index contributed by atoms with van der Waals surface area (Å²) in [4.78, 5) is 4.74. The summed E-state index contributed by atoms with van der Waals surface area (Å²) in [6, 6.07) is 5.85. The van der Waals surface area contributed by atoms with E-state index in [0.717, 1.165) is 28.4 Å². The third kappa shape index (κ3) is 2.13. The molecule has 0 fully saturated rings. The normalized spacial score (nSPS) is 13.4. The van der Waals surface area contributed by atoms with Gasteiger partial charge in [0.15, 0.2) is 0 Å². The summed E-state index contributed by atoms with van der Waals surface area (Å²) in [5.74, 6) is 1.79. The Morgan fingerprint density at radius 2 is 2.11 bits per heavy atom. The quantitative estimate of drug-likeness (QED) is 0.921. The number of imidazole rings is 1. The van der Waals surface area contributed by atoms with E-state index >= 15 is 0 Å². The fraction of sp³-hybridized carbons (Fsp3) is 0.500. The van der Waals surface area contributed by atoms with Crippen molar-refractivity contribution in [3.8, 4) is 0 Å². The van der Waals surface area contributed by atoms with Gasteiger partial charge in [0, 0.05) is 19.0 Å². The first-order valence-electron chi connectivity index (χ1n) is 6.44. The van der Waals surface area contributed by atoms with Crippen LogP contribution in [0.5, 0.6) is 0 Å². The summed E-state index contributed by atoms with van der Waals surface area (Å²) < 4.78 is 2.19. The molecule has 2 N–H and O–H groups in total. The first-order valence-corrected chi connectivity index (χ1v) is 6.82. The molecule has 1 atom stereocenters. The van der Waals surface area contributed by atoms with Crippen LogP contribution in [-0.2, 0) is 6.54 Å². The maximum atomic E-state index is 6.29. The van der Waals surface area contributed by atoms with Crippen LogP contribution >= 0.6 is 11.6 Å². The lowest BCUT2D eigenvalue weighted by molar-refractivity contribution is 0.467. The molecule has 1 heterocycles. The minimum absolute atomic E-state index is 0.272. The van der Waals surface area contributed by atoms with Crippen LogP contribution in [0.15, 0.2) is 18.2 Å². The molecular formula is C14H20ClN3. The summed E-state index contributed by atoms with van der Waals surface area (Å²) >= 11 is 6.29. The van der Waals surface area contributed by atoms with E-state index in [1.165, 1.54) is 0 Å². The number of aromatic nitrogens is 2. The van der Waals surface area contributed by atoms with E-state index in [-0.39, 0.29) is 5.92 Å². The molecular weight excluding hydrogens is 246 g/mol. The Balaban J connectivity index is 2.68. The van der Waals surface area contributed by atoms with E-state index < -0.39 is 0 Å². The SMILES string of the molecule is CCn1c(C(CN)C(C)C)nc2cccc(Cl)c21. The summed E-state index contributed by atoms with van der Waals surface area (Å²) in [5.41, 5.74) is 7.88. The van der Waals surface area contributed by atoms with Crippen molar-refractivity contribution < 1.29 is 0 Å². The molecule has 2 rings (SSSR count). The Kier molecular flexibility index (Phi) is 3.93. The Bertz CT molecular complexity index is 545. The van der Waals surface area contributed by atoms with Crippen molar-refractivity contribution in [2.45, 2.75) is 33.2 Å². The van der Waals surface area contributed by atoms with Gasteiger partial charge in [0.05, 0.1) is 16.1 Å². The molecule has 1 unspecified atom stereocenters. The van der Waals surface area contributed by atoms with Gasteiger partial charge in [0.2, 0.25) is 0 Å². The van der Waals surface area contributed by atoms with Gasteiger partial charge >= 0.3 is 0 Å². The molecule has 0 saturated carbocycles. The van der Waals surface area contributed by atoms with E-state index in [1.54, 1.807) is 0 Å². The molecule has 98 valence electrons. The van der Waals surface area contributed by atoms with Crippen molar-refractivity contribution in [1.29, 1.82) is 0 Å². The Hall–Kier alpha value is -1.06. The number of benzene rings is 1. The van der Waals surface area contributed by atoms with Crippen LogP contribution in [0, 0.1) is 5.92 Å². The second kappa shape index (κ2) is 5.29. The van der Waals surface area contributed by atoms with Crippen LogP contribution in [0.1, 0.15) is 32.5 Å². The summed E-state index contributed by atoms with van der Waals surface area (Å²) in [7, 11) is 0. The number of fused-ring (bicyclic) bond motifs is 1. The first-order chi connectivity index (χ1) is 8.60. The lowest BCUT2D eigenvalue weighted by atomic mass is 9.95. The number of nitrogens with two attached hydrogens (primary N) is 1. The summed E-state index contributed by atoms with van der Waals surface area (Å²) in [6.07, 6.45) is 0. The van der Waals surface area contributed by atoms with E-state index in [9.17, 15) is 0 Å². The highest BCUT2D eigenvalue weighted by atomic mass is 35.5. The molecule has 0 amide bonds. The predicted octanol–water partition coefficient (Wildman–Crippen LogP) is 3.41. The number of rotatable bonds is 4. The van der Waals surface area contributed by atoms with Crippen LogP contribution in [0.4, 0.5) is 0 Å². The van der Waals surface area contributed by atoms with Crippen molar-refractivity contribution in [3.63, 3.8) is 0 Å². The smallest absolute Gasteiger partial charge is 0.114 e. The Labute approximate surface area is 113 Å². The van der Waals surface area contributed by atoms with Crippen molar-refractivity contribution in [2.75, 3.05) is 6.54 Å². The maximum absolute atomic E-state index is 6.29. The molecule has 18 heavy (non-hydrogen) atoms. The van der Waals surface area contributed by atoms with Gasteiger partial charge in [-0.05, 0) is 25.0 Å². The zero-order valence-electron chi connectivity index (χ0n) is 11.2. The monoisotopic (exact) mass is 265 g/mol. The largest absolute Gasteiger partial charge is 0.330 e. The average molecular weight is 266 g/mol. The van der Waals surface area contributed by atoms with E-state index in [0.29, 0.717) is 12.5 Å². The predicted molar refractivity (Wildman–Crippen MR) is 77.1 cm³/mol. The first kappa shape index (κ1) is 13.4. The van der Waals surface area contributed by atoms with Gasteiger partial charge in [-0.2, -0.15) is 0 Å². The minimum atomic E-state index is 0.272. The molecule has 0 spiro atoms. The summed E-state index contributed by atoms with van der Waals surface area (Å²) in [6.45, 7) is 7.94. The number of aryl methyl sites for hydroxylation is 1. The zero-order chi connectivity index (χ0) is 13.3. The number of hydrogen-bond acceptors (Lipinski definition) is 2.